The number of tetrazole rings is 1. The van der Waals surface area contributed by atoms with E-state index in [4.69, 9.17) is 0 Å². The zero-order valence-corrected chi connectivity index (χ0v) is 10.3. The van der Waals surface area contributed by atoms with E-state index in [2.05, 4.69) is 15.5 Å². The lowest BCUT2D eigenvalue weighted by molar-refractivity contribution is -0.386. The molecule has 2 rings (SSSR count). The number of pyridine rings is 1. The maximum Gasteiger partial charge on any atom is 0.334 e. The monoisotopic (exact) mass is 264 g/mol. The Hall–Kier alpha value is -2.58. The largest absolute Gasteiger partial charge is 0.334 e. The maximum absolute atomic E-state index is 11.8. The number of hydrogen-bond acceptors (Lipinski definition) is 6. The second kappa shape index (κ2) is 5.38. The van der Waals surface area contributed by atoms with E-state index in [0.29, 0.717) is 12.4 Å². The number of hydrogen-bond donors (Lipinski definition) is 0. The van der Waals surface area contributed by atoms with E-state index in [0.717, 1.165) is 6.42 Å². The number of aryl methyl sites for hydroxylation is 1. The Morgan fingerprint density at radius 1 is 1.47 bits per heavy atom. The second-order valence-electron chi connectivity index (χ2n) is 3.90. The van der Waals surface area contributed by atoms with Crippen molar-refractivity contribution in [2.24, 2.45) is 0 Å². The Morgan fingerprint density at radius 2 is 2.26 bits per heavy atom. The van der Waals surface area contributed by atoms with Crippen LogP contribution in [0.3, 0.4) is 0 Å². The molecule has 0 unspecified atom stereocenters. The van der Waals surface area contributed by atoms with Gasteiger partial charge in [-0.3, -0.25) is 14.9 Å². The summed E-state index contributed by atoms with van der Waals surface area (Å²) in [6, 6.07) is 2.63. The highest BCUT2D eigenvalue weighted by molar-refractivity contribution is 5.25. The predicted octanol–water partition coefficient (Wildman–Crippen LogP) is 0.201. The SMILES string of the molecule is CCCn1nnnc1Cn1cccc([N+](=O)[O-])c1=O. The number of aromatic nitrogens is 5. The highest BCUT2D eigenvalue weighted by Gasteiger charge is 2.15. The van der Waals surface area contributed by atoms with Gasteiger partial charge in [0.05, 0.1) is 11.5 Å². The van der Waals surface area contributed by atoms with E-state index in [-0.39, 0.29) is 6.54 Å². The van der Waals surface area contributed by atoms with Crippen LogP contribution in [0.1, 0.15) is 19.2 Å². The Morgan fingerprint density at radius 3 is 2.95 bits per heavy atom. The van der Waals surface area contributed by atoms with Crippen molar-refractivity contribution in [3.05, 3.63) is 44.6 Å². The molecule has 0 aromatic carbocycles. The summed E-state index contributed by atoms with van der Waals surface area (Å²) < 4.78 is 2.79. The van der Waals surface area contributed by atoms with Crippen LogP contribution in [0, 0.1) is 10.1 Å². The van der Waals surface area contributed by atoms with E-state index in [1.54, 1.807) is 4.68 Å². The quantitative estimate of drug-likeness (QED) is 0.563. The molecule has 2 aromatic rings. The average molecular weight is 264 g/mol. The van der Waals surface area contributed by atoms with Gasteiger partial charge in [-0.05, 0) is 22.9 Å². The normalized spacial score (nSPS) is 10.6. The van der Waals surface area contributed by atoms with Gasteiger partial charge in [0.15, 0.2) is 5.82 Å². The van der Waals surface area contributed by atoms with E-state index < -0.39 is 16.2 Å². The van der Waals surface area contributed by atoms with Crippen molar-refractivity contribution in [1.29, 1.82) is 0 Å². The van der Waals surface area contributed by atoms with Crippen LogP contribution in [0.4, 0.5) is 5.69 Å². The minimum absolute atomic E-state index is 0.105. The molecule has 0 atom stereocenters. The summed E-state index contributed by atoms with van der Waals surface area (Å²) in [7, 11) is 0. The molecule has 0 aliphatic rings. The molecule has 0 N–H and O–H groups in total. The van der Waals surface area contributed by atoms with Crippen LogP contribution in [0.2, 0.25) is 0 Å². The Labute approximate surface area is 107 Å². The van der Waals surface area contributed by atoms with E-state index >= 15 is 0 Å². The summed E-state index contributed by atoms with van der Waals surface area (Å²) in [6.07, 6.45) is 2.32. The van der Waals surface area contributed by atoms with Gasteiger partial charge in [0.1, 0.15) is 0 Å². The highest BCUT2D eigenvalue weighted by atomic mass is 16.6. The zero-order valence-electron chi connectivity index (χ0n) is 10.3. The van der Waals surface area contributed by atoms with E-state index in [1.807, 2.05) is 6.92 Å². The molecule has 0 saturated heterocycles. The molecule has 100 valence electrons. The van der Waals surface area contributed by atoms with Crippen molar-refractivity contribution < 1.29 is 4.92 Å². The first kappa shape index (κ1) is 12.9. The molecular weight excluding hydrogens is 252 g/mol. The first-order valence-corrected chi connectivity index (χ1v) is 5.72. The van der Waals surface area contributed by atoms with Gasteiger partial charge < -0.3 is 4.57 Å². The van der Waals surface area contributed by atoms with Crippen LogP contribution in [0.5, 0.6) is 0 Å². The van der Waals surface area contributed by atoms with Crippen molar-refractivity contribution in [2.75, 3.05) is 0 Å². The van der Waals surface area contributed by atoms with Gasteiger partial charge in [-0.1, -0.05) is 6.92 Å². The lowest BCUT2D eigenvalue weighted by atomic mass is 10.4. The summed E-state index contributed by atoms with van der Waals surface area (Å²) in [4.78, 5) is 21.8. The summed E-state index contributed by atoms with van der Waals surface area (Å²) in [5.74, 6) is 0.490. The van der Waals surface area contributed by atoms with Crippen LogP contribution in [-0.2, 0) is 13.1 Å². The minimum Gasteiger partial charge on any atom is -0.302 e. The fourth-order valence-corrected chi connectivity index (χ4v) is 1.66. The molecule has 0 aliphatic carbocycles. The van der Waals surface area contributed by atoms with Crippen molar-refractivity contribution >= 4 is 5.69 Å². The van der Waals surface area contributed by atoms with Crippen LogP contribution in [0.15, 0.2) is 23.1 Å². The molecule has 2 heterocycles. The molecule has 9 nitrogen and oxygen atoms in total. The summed E-state index contributed by atoms with van der Waals surface area (Å²) >= 11 is 0. The lowest BCUT2D eigenvalue weighted by Crippen LogP contribution is -2.24. The maximum atomic E-state index is 11.8. The number of nitrogens with zero attached hydrogens (tertiary/aromatic N) is 6. The molecule has 0 fully saturated rings. The van der Waals surface area contributed by atoms with Gasteiger partial charge in [0.25, 0.3) is 0 Å². The summed E-state index contributed by atoms with van der Waals surface area (Å²) in [5.41, 5.74) is -1.13. The molecule has 0 radical (unpaired) electrons. The zero-order chi connectivity index (χ0) is 13.8. The third-order valence-electron chi connectivity index (χ3n) is 2.55. The van der Waals surface area contributed by atoms with Crippen LogP contribution >= 0.6 is 0 Å². The van der Waals surface area contributed by atoms with Crippen molar-refractivity contribution in [3.8, 4) is 0 Å². The molecule has 0 saturated carbocycles. The lowest BCUT2D eigenvalue weighted by Gasteiger charge is -2.05. The van der Waals surface area contributed by atoms with Gasteiger partial charge >= 0.3 is 11.2 Å². The molecular formula is C10H12N6O3. The van der Waals surface area contributed by atoms with Gasteiger partial charge in [0, 0.05) is 18.8 Å². The van der Waals surface area contributed by atoms with Crippen LogP contribution < -0.4 is 5.56 Å². The summed E-state index contributed by atoms with van der Waals surface area (Å²) in [5, 5.41) is 21.8. The van der Waals surface area contributed by atoms with E-state index in [1.165, 1.54) is 22.9 Å². The smallest absolute Gasteiger partial charge is 0.302 e. The topological polar surface area (TPSA) is 109 Å². The molecule has 0 bridgehead atoms. The first-order valence-electron chi connectivity index (χ1n) is 5.72. The standard InChI is InChI=1S/C10H12N6O3/c1-2-5-15-9(11-12-13-15)7-14-6-3-4-8(10(14)17)16(18)19/h3-4,6H,2,5,7H2,1H3. The second-order valence-corrected chi connectivity index (χ2v) is 3.90. The van der Waals surface area contributed by atoms with Crippen LogP contribution in [0.25, 0.3) is 0 Å². The molecule has 0 amide bonds. The molecule has 2 aromatic heterocycles. The fourth-order valence-electron chi connectivity index (χ4n) is 1.66. The Kier molecular flexibility index (Phi) is 3.64. The van der Waals surface area contributed by atoms with Crippen molar-refractivity contribution in [3.63, 3.8) is 0 Å². The minimum atomic E-state index is -0.701. The van der Waals surface area contributed by atoms with Crippen LogP contribution in [-0.4, -0.2) is 29.7 Å². The van der Waals surface area contributed by atoms with E-state index in [9.17, 15) is 14.9 Å². The Balaban J connectivity index is 2.33. The molecule has 0 aliphatic heterocycles. The van der Waals surface area contributed by atoms with Gasteiger partial charge in [-0.2, -0.15) is 0 Å². The fraction of sp³-hybridized carbons (Fsp3) is 0.400. The molecule has 0 spiro atoms. The third kappa shape index (κ3) is 2.64. The number of rotatable bonds is 5. The third-order valence-corrected chi connectivity index (χ3v) is 2.55. The van der Waals surface area contributed by atoms with Gasteiger partial charge in [-0.25, -0.2) is 4.68 Å². The number of nitro groups is 1. The first-order chi connectivity index (χ1) is 9.13. The average Bonchev–Trinajstić information content (AvgIpc) is 2.79. The van der Waals surface area contributed by atoms with Gasteiger partial charge in [-0.15, -0.1) is 5.10 Å². The highest BCUT2D eigenvalue weighted by Crippen LogP contribution is 2.03. The molecule has 9 heteroatoms. The van der Waals surface area contributed by atoms with Crippen molar-refractivity contribution in [2.45, 2.75) is 26.4 Å². The van der Waals surface area contributed by atoms with Crippen molar-refractivity contribution in [1.82, 2.24) is 24.8 Å². The summed E-state index contributed by atoms with van der Waals surface area (Å²) in [6.45, 7) is 2.71. The predicted molar refractivity (Wildman–Crippen MR) is 64.6 cm³/mol. The molecule has 19 heavy (non-hydrogen) atoms. The van der Waals surface area contributed by atoms with Gasteiger partial charge in [0.2, 0.25) is 0 Å². The Bertz CT molecular complexity index is 647.